The lowest BCUT2D eigenvalue weighted by atomic mass is 10.3. The van der Waals surface area contributed by atoms with Crippen molar-refractivity contribution in [3.05, 3.63) is 24.0 Å². The first-order valence-corrected chi connectivity index (χ1v) is 4.00. The number of fused-ring (bicyclic) bond motifs is 1. The van der Waals surface area contributed by atoms with Crippen molar-refractivity contribution in [2.24, 2.45) is 0 Å². The van der Waals surface area contributed by atoms with Crippen molar-refractivity contribution in [2.75, 3.05) is 12.8 Å². The zero-order valence-corrected chi connectivity index (χ0v) is 7.61. The summed E-state index contributed by atoms with van der Waals surface area (Å²) in [6.07, 6.45) is 3.49. The molecule has 0 atom stereocenters. The van der Waals surface area contributed by atoms with Gasteiger partial charge in [0.25, 0.3) is 0 Å². The molecule has 68 valence electrons. The van der Waals surface area contributed by atoms with E-state index in [1.807, 2.05) is 23.6 Å². The van der Waals surface area contributed by atoms with E-state index in [2.05, 4.69) is 4.98 Å². The number of rotatable bonds is 1. The molecule has 0 spiro atoms. The molecule has 13 heavy (non-hydrogen) atoms. The number of methoxy groups -OCH3 is 1. The second-order valence-electron chi connectivity index (χ2n) is 2.89. The molecule has 2 N–H and O–H groups in total. The average molecular weight is 177 g/mol. The van der Waals surface area contributed by atoms with Gasteiger partial charge in [0, 0.05) is 11.8 Å². The van der Waals surface area contributed by atoms with Crippen molar-refractivity contribution in [3.63, 3.8) is 0 Å². The molecular weight excluding hydrogens is 166 g/mol. The fraction of sp³-hybridized carbons (Fsp3) is 0.222. The number of hydrogen-bond donors (Lipinski definition) is 1. The Labute approximate surface area is 76.0 Å². The van der Waals surface area contributed by atoms with Gasteiger partial charge in [-0.15, -0.1) is 0 Å². The van der Waals surface area contributed by atoms with Crippen LogP contribution < -0.4 is 10.5 Å². The Balaban J connectivity index is 2.80. The van der Waals surface area contributed by atoms with Gasteiger partial charge in [-0.1, -0.05) is 0 Å². The fourth-order valence-corrected chi connectivity index (χ4v) is 1.41. The highest BCUT2D eigenvalue weighted by Crippen LogP contribution is 2.22. The summed E-state index contributed by atoms with van der Waals surface area (Å²) in [5, 5.41) is 0. The Bertz CT molecular complexity index is 447. The molecule has 4 heteroatoms. The first-order valence-electron chi connectivity index (χ1n) is 4.00. The zero-order valence-electron chi connectivity index (χ0n) is 7.61. The molecule has 0 fully saturated rings. The summed E-state index contributed by atoms with van der Waals surface area (Å²) < 4.78 is 7.00. The van der Waals surface area contributed by atoms with Crippen LogP contribution in [0.15, 0.2) is 18.5 Å². The molecule has 2 heterocycles. The van der Waals surface area contributed by atoms with Crippen LogP contribution >= 0.6 is 0 Å². The Hall–Kier alpha value is -1.71. The third kappa shape index (κ3) is 1.02. The van der Waals surface area contributed by atoms with Gasteiger partial charge in [0.15, 0.2) is 0 Å². The Morgan fingerprint density at radius 3 is 3.00 bits per heavy atom. The van der Waals surface area contributed by atoms with Crippen molar-refractivity contribution < 1.29 is 4.74 Å². The summed E-state index contributed by atoms with van der Waals surface area (Å²) in [6, 6.07) is 1.88. The normalized spacial score (nSPS) is 10.6. The van der Waals surface area contributed by atoms with Gasteiger partial charge in [-0.3, -0.25) is 4.40 Å². The van der Waals surface area contributed by atoms with Gasteiger partial charge in [0.2, 0.25) is 0 Å². The Kier molecular flexibility index (Phi) is 1.62. The summed E-state index contributed by atoms with van der Waals surface area (Å²) in [4.78, 5) is 4.18. The molecule has 0 saturated heterocycles. The Morgan fingerprint density at radius 1 is 1.54 bits per heavy atom. The highest BCUT2D eigenvalue weighted by molar-refractivity contribution is 5.58. The number of anilines is 1. The van der Waals surface area contributed by atoms with Crippen LogP contribution in [0, 0.1) is 6.92 Å². The molecule has 0 aromatic carbocycles. The molecule has 0 unspecified atom stereocenters. The lowest BCUT2D eigenvalue weighted by Crippen LogP contribution is -1.95. The van der Waals surface area contributed by atoms with Crippen LogP contribution in [0.25, 0.3) is 5.65 Å². The minimum Gasteiger partial charge on any atom is -0.496 e. The number of imidazole rings is 1. The van der Waals surface area contributed by atoms with E-state index < -0.39 is 0 Å². The van der Waals surface area contributed by atoms with Crippen LogP contribution in [0.1, 0.15) is 5.56 Å². The number of hydrogen-bond acceptors (Lipinski definition) is 3. The number of aromatic nitrogens is 2. The Morgan fingerprint density at radius 2 is 2.31 bits per heavy atom. The van der Waals surface area contributed by atoms with Gasteiger partial charge < -0.3 is 10.5 Å². The SMILES string of the molecule is COc1ccn2c(N)cnc2c1C. The zero-order chi connectivity index (χ0) is 9.42. The van der Waals surface area contributed by atoms with E-state index in [-0.39, 0.29) is 0 Å². The van der Waals surface area contributed by atoms with Crippen LogP contribution in [0.5, 0.6) is 5.75 Å². The number of aryl methyl sites for hydroxylation is 1. The van der Waals surface area contributed by atoms with E-state index >= 15 is 0 Å². The van der Waals surface area contributed by atoms with E-state index in [0.717, 1.165) is 17.0 Å². The minimum atomic E-state index is 0.640. The van der Waals surface area contributed by atoms with Crippen molar-refractivity contribution in [2.45, 2.75) is 6.92 Å². The van der Waals surface area contributed by atoms with Crippen molar-refractivity contribution in [1.29, 1.82) is 0 Å². The molecule has 0 amide bonds. The quantitative estimate of drug-likeness (QED) is 0.712. The topological polar surface area (TPSA) is 52.5 Å². The fourth-order valence-electron chi connectivity index (χ4n) is 1.41. The molecule has 0 bridgehead atoms. The van der Waals surface area contributed by atoms with Gasteiger partial charge in [-0.25, -0.2) is 4.98 Å². The number of nitrogens with two attached hydrogens (primary N) is 1. The lowest BCUT2D eigenvalue weighted by Gasteiger charge is -2.05. The number of ether oxygens (including phenoxy) is 1. The molecule has 2 aromatic heterocycles. The third-order valence-corrected chi connectivity index (χ3v) is 2.13. The minimum absolute atomic E-state index is 0.640. The van der Waals surface area contributed by atoms with E-state index in [1.54, 1.807) is 13.3 Å². The standard InChI is InChI=1S/C9H11N3O/c1-6-7(13-2)3-4-12-8(10)5-11-9(6)12/h3-5H,10H2,1-2H3. The molecule has 2 rings (SSSR count). The van der Waals surface area contributed by atoms with Crippen LogP contribution in [0.3, 0.4) is 0 Å². The second-order valence-corrected chi connectivity index (χ2v) is 2.89. The van der Waals surface area contributed by atoms with E-state index in [4.69, 9.17) is 10.5 Å². The maximum Gasteiger partial charge on any atom is 0.144 e. The van der Waals surface area contributed by atoms with E-state index in [9.17, 15) is 0 Å². The lowest BCUT2D eigenvalue weighted by molar-refractivity contribution is 0.411. The summed E-state index contributed by atoms with van der Waals surface area (Å²) in [5.74, 6) is 1.47. The maximum atomic E-state index is 5.70. The largest absolute Gasteiger partial charge is 0.496 e. The van der Waals surface area contributed by atoms with Gasteiger partial charge >= 0.3 is 0 Å². The first-order chi connectivity index (χ1) is 6.24. The highest BCUT2D eigenvalue weighted by Gasteiger charge is 2.06. The highest BCUT2D eigenvalue weighted by atomic mass is 16.5. The predicted octanol–water partition coefficient (Wildman–Crippen LogP) is 1.23. The first kappa shape index (κ1) is 7.91. The number of nitrogen functional groups attached to an aromatic ring is 1. The summed E-state index contributed by atoms with van der Waals surface area (Å²) >= 11 is 0. The molecule has 0 aliphatic heterocycles. The smallest absolute Gasteiger partial charge is 0.144 e. The van der Waals surface area contributed by atoms with E-state index in [0.29, 0.717) is 5.82 Å². The van der Waals surface area contributed by atoms with Gasteiger partial charge in [0.05, 0.1) is 13.3 Å². The van der Waals surface area contributed by atoms with Crippen LogP contribution in [0.4, 0.5) is 5.82 Å². The molecule has 0 radical (unpaired) electrons. The van der Waals surface area contributed by atoms with Gasteiger partial charge in [0.1, 0.15) is 17.2 Å². The van der Waals surface area contributed by atoms with Crippen LogP contribution in [-0.4, -0.2) is 16.5 Å². The van der Waals surface area contributed by atoms with Crippen molar-refractivity contribution in [1.82, 2.24) is 9.38 Å². The van der Waals surface area contributed by atoms with Crippen LogP contribution in [0.2, 0.25) is 0 Å². The average Bonchev–Trinajstić information content (AvgIpc) is 2.50. The summed E-state index contributed by atoms with van der Waals surface area (Å²) in [7, 11) is 1.64. The summed E-state index contributed by atoms with van der Waals surface area (Å²) in [5.41, 5.74) is 7.54. The third-order valence-electron chi connectivity index (χ3n) is 2.13. The molecule has 4 nitrogen and oxygen atoms in total. The van der Waals surface area contributed by atoms with Crippen molar-refractivity contribution >= 4 is 11.5 Å². The van der Waals surface area contributed by atoms with Crippen LogP contribution in [-0.2, 0) is 0 Å². The van der Waals surface area contributed by atoms with E-state index in [1.165, 1.54) is 0 Å². The van der Waals surface area contributed by atoms with Crippen molar-refractivity contribution in [3.8, 4) is 5.75 Å². The van der Waals surface area contributed by atoms with Gasteiger partial charge in [-0.2, -0.15) is 0 Å². The predicted molar refractivity (Wildman–Crippen MR) is 50.9 cm³/mol. The molecule has 0 aliphatic rings. The molecule has 0 saturated carbocycles. The monoisotopic (exact) mass is 177 g/mol. The molecule has 2 aromatic rings. The maximum absolute atomic E-state index is 5.70. The molecule has 0 aliphatic carbocycles. The van der Waals surface area contributed by atoms with Gasteiger partial charge in [-0.05, 0) is 13.0 Å². The summed E-state index contributed by atoms with van der Waals surface area (Å²) in [6.45, 7) is 1.96. The second kappa shape index (κ2) is 2.65. The number of pyridine rings is 1. The molecular formula is C9H11N3O. The number of nitrogens with zero attached hydrogens (tertiary/aromatic N) is 2.